The Morgan fingerprint density at radius 1 is 1.34 bits per heavy atom. The minimum atomic E-state index is -4.55. The number of nitrogens with one attached hydrogen (secondary N) is 2. The molecule has 0 unspecified atom stereocenters. The van der Waals surface area contributed by atoms with Crippen molar-refractivity contribution in [2.45, 2.75) is 43.8 Å². The van der Waals surface area contributed by atoms with Gasteiger partial charge in [0.2, 0.25) is 11.9 Å². The number of rotatable bonds is 4. The number of carbonyl (C=O) groups is 1. The summed E-state index contributed by atoms with van der Waals surface area (Å²) in [6, 6.07) is 2.64. The van der Waals surface area contributed by atoms with Gasteiger partial charge in [-0.15, -0.1) is 0 Å². The van der Waals surface area contributed by atoms with E-state index in [0.717, 1.165) is 19.0 Å². The summed E-state index contributed by atoms with van der Waals surface area (Å²) in [6.45, 7) is 3.32. The summed E-state index contributed by atoms with van der Waals surface area (Å²) in [6.07, 6.45) is -2.82. The summed E-state index contributed by atoms with van der Waals surface area (Å²) < 4.78 is 38.6. The van der Waals surface area contributed by atoms with Gasteiger partial charge >= 0.3 is 6.18 Å². The Morgan fingerprint density at radius 3 is 2.69 bits per heavy atom. The van der Waals surface area contributed by atoms with Crippen LogP contribution in [0.1, 0.15) is 37.3 Å². The fourth-order valence-corrected chi connectivity index (χ4v) is 4.10. The lowest BCUT2D eigenvalue weighted by atomic mass is 9.91. The summed E-state index contributed by atoms with van der Waals surface area (Å²) in [4.78, 5) is 15.0. The number of aromatic nitrogens is 4. The van der Waals surface area contributed by atoms with Gasteiger partial charge in [-0.3, -0.25) is 4.79 Å². The van der Waals surface area contributed by atoms with Gasteiger partial charge in [0.05, 0.1) is 11.0 Å². The van der Waals surface area contributed by atoms with Gasteiger partial charge in [-0.2, -0.15) is 13.2 Å². The average Bonchev–Trinajstić information content (AvgIpc) is 3.26. The molecule has 11 heteroatoms. The molecule has 2 heterocycles. The fraction of sp³-hybridized carbons (Fsp3) is 0.556. The Labute approximate surface area is 164 Å². The van der Waals surface area contributed by atoms with E-state index in [0.29, 0.717) is 31.4 Å². The number of carbonyl (C=O) groups excluding carboxylic acids is 1. The molecule has 29 heavy (non-hydrogen) atoms. The molecule has 0 spiro atoms. The van der Waals surface area contributed by atoms with E-state index in [2.05, 4.69) is 32.9 Å². The molecule has 2 aliphatic rings. The highest BCUT2D eigenvalue weighted by atomic mass is 19.4. The highest BCUT2D eigenvalue weighted by molar-refractivity contribution is 5.92. The zero-order chi connectivity index (χ0) is 20.8. The molecule has 1 saturated carbocycles. The van der Waals surface area contributed by atoms with Gasteiger partial charge in [0.15, 0.2) is 0 Å². The Hall–Kier alpha value is -2.85. The first-order valence-corrected chi connectivity index (χ1v) is 9.39. The number of piperidine rings is 1. The number of aromatic hydroxyl groups is 1. The number of halogens is 3. The minimum Gasteiger partial charge on any atom is -0.508 e. The third kappa shape index (κ3) is 3.73. The molecule has 2 fully saturated rings. The summed E-state index contributed by atoms with van der Waals surface area (Å²) in [7, 11) is 0. The number of benzene rings is 1. The van der Waals surface area contributed by atoms with Crippen LogP contribution in [0.2, 0.25) is 0 Å². The molecule has 1 aromatic carbocycles. The molecule has 2 atom stereocenters. The van der Waals surface area contributed by atoms with Gasteiger partial charge in [-0.05, 0) is 47.7 Å². The minimum absolute atomic E-state index is 0.162. The Balaban J connectivity index is 1.49. The second kappa shape index (κ2) is 6.89. The quantitative estimate of drug-likeness (QED) is 0.712. The first-order chi connectivity index (χ1) is 13.7. The molecule has 3 N–H and O–H groups in total. The van der Waals surface area contributed by atoms with Crippen molar-refractivity contribution in [3.8, 4) is 5.75 Å². The van der Waals surface area contributed by atoms with Gasteiger partial charge < -0.3 is 15.3 Å². The maximum absolute atomic E-state index is 13.0. The zero-order valence-corrected chi connectivity index (χ0v) is 15.7. The lowest BCUT2D eigenvalue weighted by molar-refractivity contribution is -0.137. The van der Waals surface area contributed by atoms with Crippen LogP contribution in [0.15, 0.2) is 18.2 Å². The molecule has 4 rings (SSSR count). The standard InChI is InChI=1S/C18H21F3N6O2/c1-10-6-12(9-27(8-10)16-23-25-26-24-16)22-15(29)17(4-5-17)13-3-2-11(7-14(13)28)18(19,20)21/h2-3,7,10,12,28H,4-6,8-9H2,1H3,(H,22,29)(H,23,24,25,26)/t10-,12+/m0/s1. The van der Waals surface area contributed by atoms with Crippen molar-refractivity contribution in [1.29, 1.82) is 0 Å². The van der Waals surface area contributed by atoms with Crippen LogP contribution in [-0.4, -0.2) is 50.8 Å². The molecule has 156 valence electrons. The van der Waals surface area contributed by atoms with E-state index in [-0.39, 0.29) is 23.4 Å². The zero-order valence-electron chi connectivity index (χ0n) is 15.7. The topological polar surface area (TPSA) is 107 Å². The summed E-state index contributed by atoms with van der Waals surface area (Å²) in [5.41, 5.74) is -1.68. The highest BCUT2D eigenvalue weighted by Gasteiger charge is 2.53. The van der Waals surface area contributed by atoms with Gasteiger partial charge in [0.25, 0.3) is 0 Å². The lowest BCUT2D eigenvalue weighted by Crippen LogP contribution is -2.52. The van der Waals surface area contributed by atoms with Crippen LogP contribution < -0.4 is 10.2 Å². The van der Waals surface area contributed by atoms with Crippen molar-refractivity contribution in [1.82, 2.24) is 25.9 Å². The Kier molecular flexibility index (Phi) is 4.62. The Morgan fingerprint density at radius 2 is 2.10 bits per heavy atom. The monoisotopic (exact) mass is 410 g/mol. The molecule has 1 saturated heterocycles. The molecule has 1 aromatic heterocycles. The number of alkyl halides is 3. The molecule has 2 aromatic rings. The molecular weight excluding hydrogens is 389 g/mol. The highest BCUT2D eigenvalue weighted by Crippen LogP contribution is 2.52. The number of tetrazole rings is 1. The van der Waals surface area contributed by atoms with Crippen molar-refractivity contribution < 1.29 is 23.1 Å². The van der Waals surface area contributed by atoms with Crippen LogP contribution in [-0.2, 0) is 16.4 Å². The molecular formula is C18H21F3N6O2. The van der Waals surface area contributed by atoms with Crippen LogP contribution in [0.4, 0.5) is 19.1 Å². The van der Waals surface area contributed by atoms with Crippen molar-refractivity contribution in [3.05, 3.63) is 29.3 Å². The van der Waals surface area contributed by atoms with Crippen molar-refractivity contribution in [2.75, 3.05) is 18.0 Å². The molecule has 8 nitrogen and oxygen atoms in total. The SMILES string of the molecule is C[C@H]1C[C@@H](NC(=O)C2(c3ccc(C(F)(F)F)cc3O)CC2)CN(c2nnn[nH]2)C1. The smallest absolute Gasteiger partial charge is 0.416 e. The first kappa shape index (κ1) is 19.5. The fourth-order valence-electron chi connectivity index (χ4n) is 4.10. The summed E-state index contributed by atoms with van der Waals surface area (Å²) in [5, 5.41) is 27.0. The van der Waals surface area contributed by atoms with Gasteiger partial charge in [0.1, 0.15) is 5.75 Å². The summed E-state index contributed by atoms with van der Waals surface area (Å²) in [5.74, 6) is 0.0345. The molecule has 0 radical (unpaired) electrons. The summed E-state index contributed by atoms with van der Waals surface area (Å²) >= 11 is 0. The number of H-pyrrole nitrogens is 1. The number of phenols is 1. The van der Waals surface area contributed by atoms with Gasteiger partial charge in [-0.25, -0.2) is 5.10 Å². The molecule has 0 bridgehead atoms. The van der Waals surface area contributed by atoms with Crippen LogP contribution >= 0.6 is 0 Å². The average molecular weight is 410 g/mol. The maximum atomic E-state index is 13.0. The van der Waals surface area contributed by atoms with Crippen molar-refractivity contribution in [3.63, 3.8) is 0 Å². The second-order valence-corrected chi connectivity index (χ2v) is 7.95. The third-order valence-electron chi connectivity index (χ3n) is 5.65. The Bertz CT molecular complexity index is 897. The largest absolute Gasteiger partial charge is 0.508 e. The van der Waals surface area contributed by atoms with Gasteiger partial charge in [-0.1, -0.05) is 18.1 Å². The number of hydrogen-bond donors (Lipinski definition) is 3. The van der Waals surface area contributed by atoms with Crippen molar-refractivity contribution in [2.24, 2.45) is 5.92 Å². The second-order valence-electron chi connectivity index (χ2n) is 7.95. The third-order valence-corrected chi connectivity index (χ3v) is 5.65. The molecule has 1 aliphatic carbocycles. The van der Waals surface area contributed by atoms with Crippen LogP contribution in [0, 0.1) is 5.92 Å². The number of amides is 1. The lowest BCUT2D eigenvalue weighted by Gasteiger charge is -2.36. The molecule has 1 aliphatic heterocycles. The predicted molar refractivity (Wildman–Crippen MR) is 96.1 cm³/mol. The maximum Gasteiger partial charge on any atom is 0.416 e. The number of phenolic OH excluding ortho intramolecular Hbond substituents is 1. The van der Waals surface area contributed by atoms with Crippen LogP contribution in [0.25, 0.3) is 0 Å². The normalized spacial score (nSPS) is 23.7. The van der Waals surface area contributed by atoms with E-state index < -0.39 is 22.9 Å². The number of hydrogen-bond acceptors (Lipinski definition) is 6. The van der Waals surface area contributed by atoms with E-state index in [4.69, 9.17) is 0 Å². The van der Waals surface area contributed by atoms with E-state index >= 15 is 0 Å². The first-order valence-electron chi connectivity index (χ1n) is 9.39. The number of nitrogens with zero attached hydrogens (tertiary/aromatic N) is 4. The van der Waals surface area contributed by atoms with Crippen LogP contribution in [0.5, 0.6) is 5.75 Å². The molecule has 1 amide bonds. The van der Waals surface area contributed by atoms with E-state index in [9.17, 15) is 23.1 Å². The van der Waals surface area contributed by atoms with E-state index in [1.165, 1.54) is 6.07 Å². The van der Waals surface area contributed by atoms with Crippen molar-refractivity contribution >= 4 is 11.9 Å². The number of anilines is 1. The number of aromatic amines is 1. The van der Waals surface area contributed by atoms with Gasteiger partial charge in [0, 0.05) is 24.7 Å². The van der Waals surface area contributed by atoms with E-state index in [1.54, 1.807) is 0 Å². The van der Waals surface area contributed by atoms with E-state index in [1.807, 2.05) is 4.90 Å². The van der Waals surface area contributed by atoms with Crippen LogP contribution in [0.3, 0.4) is 0 Å². The predicted octanol–water partition coefficient (Wildman–Crippen LogP) is 1.99.